The molecule has 2 N–H and O–H groups in total. The van der Waals surface area contributed by atoms with Crippen LogP contribution in [0.1, 0.15) is 15.9 Å². The van der Waals surface area contributed by atoms with Crippen LogP contribution in [0.4, 0.5) is 0 Å². The van der Waals surface area contributed by atoms with Crippen LogP contribution in [-0.2, 0) is 0 Å². The number of nitrogens with one attached hydrogen (secondary N) is 1. The van der Waals surface area contributed by atoms with Crippen LogP contribution in [-0.4, -0.2) is 31.4 Å². The van der Waals surface area contributed by atoms with E-state index in [4.69, 9.17) is 9.47 Å². The normalized spacial score (nSPS) is 10.8. The molecular formula is C20H18N2O4. The highest BCUT2D eigenvalue weighted by atomic mass is 16.5. The van der Waals surface area contributed by atoms with Crippen LogP contribution in [0.2, 0.25) is 0 Å². The molecule has 6 heteroatoms. The van der Waals surface area contributed by atoms with Crippen molar-refractivity contribution in [2.45, 2.75) is 0 Å². The number of ether oxygens (including phenoxy) is 2. The van der Waals surface area contributed by atoms with Crippen LogP contribution in [0.5, 0.6) is 17.2 Å². The number of benzene rings is 3. The number of hydrazone groups is 1. The van der Waals surface area contributed by atoms with Gasteiger partial charge in [0, 0.05) is 11.1 Å². The maximum Gasteiger partial charge on any atom is 0.271 e. The van der Waals surface area contributed by atoms with Crippen LogP contribution >= 0.6 is 0 Å². The molecule has 1 amide bonds. The van der Waals surface area contributed by atoms with Crippen LogP contribution in [0.15, 0.2) is 59.7 Å². The molecule has 6 nitrogen and oxygen atoms in total. The summed E-state index contributed by atoms with van der Waals surface area (Å²) in [5.74, 6) is 0.679. The predicted molar refractivity (Wildman–Crippen MR) is 100 cm³/mol. The molecule has 0 aliphatic rings. The zero-order chi connectivity index (χ0) is 18.5. The Bertz CT molecular complexity index is 983. The van der Waals surface area contributed by atoms with Gasteiger partial charge in [0.15, 0.2) is 11.5 Å². The van der Waals surface area contributed by atoms with Gasteiger partial charge in [-0.25, -0.2) is 5.43 Å². The highest BCUT2D eigenvalue weighted by Gasteiger charge is 2.10. The Balaban J connectivity index is 1.81. The molecule has 0 bridgehead atoms. The molecule has 132 valence electrons. The highest BCUT2D eigenvalue weighted by Crippen LogP contribution is 2.27. The molecule has 0 saturated carbocycles. The van der Waals surface area contributed by atoms with Crippen molar-refractivity contribution in [2.75, 3.05) is 14.2 Å². The molecule has 0 unspecified atom stereocenters. The number of nitrogens with zero attached hydrogens (tertiary/aromatic N) is 1. The summed E-state index contributed by atoms with van der Waals surface area (Å²) < 4.78 is 10.3. The summed E-state index contributed by atoms with van der Waals surface area (Å²) in [4.78, 5) is 12.3. The number of methoxy groups -OCH3 is 2. The van der Waals surface area contributed by atoms with Crippen LogP contribution < -0.4 is 14.9 Å². The second kappa shape index (κ2) is 7.57. The van der Waals surface area contributed by atoms with Gasteiger partial charge in [0.05, 0.1) is 20.4 Å². The molecule has 0 saturated heterocycles. The monoisotopic (exact) mass is 350 g/mol. The van der Waals surface area contributed by atoms with Gasteiger partial charge in [-0.1, -0.05) is 30.3 Å². The lowest BCUT2D eigenvalue weighted by Crippen LogP contribution is -2.17. The lowest BCUT2D eigenvalue weighted by molar-refractivity contribution is 0.0954. The lowest BCUT2D eigenvalue weighted by Gasteiger charge is -2.08. The van der Waals surface area contributed by atoms with Crippen LogP contribution in [0, 0.1) is 0 Å². The second-order valence-electron chi connectivity index (χ2n) is 5.49. The average molecular weight is 350 g/mol. The SMILES string of the molecule is COc1ccc(C(=O)N/N=C/c2c(O)ccc3ccccc23)cc1OC. The third kappa shape index (κ3) is 3.44. The van der Waals surface area contributed by atoms with Gasteiger partial charge >= 0.3 is 0 Å². The Hall–Kier alpha value is -3.54. The summed E-state index contributed by atoms with van der Waals surface area (Å²) in [7, 11) is 3.03. The van der Waals surface area contributed by atoms with E-state index >= 15 is 0 Å². The Morgan fingerprint density at radius 3 is 2.58 bits per heavy atom. The first kappa shape index (κ1) is 17.3. The molecule has 0 fully saturated rings. The van der Waals surface area contributed by atoms with E-state index in [1.807, 2.05) is 30.3 Å². The fourth-order valence-electron chi connectivity index (χ4n) is 2.62. The standard InChI is InChI=1S/C20H18N2O4/c1-25-18-10-8-14(11-19(18)26-2)20(24)22-21-12-16-15-6-4-3-5-13(15)7-9-17(16)23/h3-12,23H,1-2H3,(H,22,24)/b21-12+. The van der Waals surface area contributed by atoms with Crippen LogP contribution in [0.3, 0.4) is 0 Å². The largest absolute Gasteiger partial charge is 0.507 e. The summed E-state index contributed by atoms with van der Waals surface area (Å²) in [5, 5.41) is 15.9. The molecule has 3 rings (SSSR count). The van der Waals surface area contributed by atoms with E-state index in [1.54, 1.807) is 24.3 Å². The smallest absolute Gasteiger partial charge is 0.271 e. The Morgan fingerprint density at radius 2 is 1.81 bits per heavy atom. The van der Waals surface area contributed by atoms with E-state index in [1.165, 1.54) is 20.4 Å². The van der Waals surface area contributed by atoms with Gasteiger partial charge < -0.3 is 14.6 Å². The maximum atomic E-state index is 12.3. The molecule has 0 heterocycles. The molecular weight excluding hydrogens is 332 g/mol. The number of hydrogen-bond acceptors (Lipinski definition) is 5. The molecule has 0 spiro atoms. The molecule has 0 radical (unpaired) electrons. The third-order valence-electron chi connectivity index (χ3n) is 3.95. The number of amides is 1. The fraction of sp³-hybridized carbons (Fsp3) is 0.100. The van der Waals surface area contributed by atoms with Crippen molar-refractivity contribution in [3.63, 3.8) is 0 Å². The number of carbonyl (C=O) groups excluding carboxylic acids is 1. The van der Waals surface area contributed by atoms with Crippen molar-refractivity contribution in [1.82, 2.24) is 5.43 Å². The number of carbonyl (C=O) groups is 1. The first-order chi connectivity index (χ1) is 12.6. The minimum Gasteiger partial charge on any atom is -0.507 e. The van der Waals surface area contributed by atoms with E-state index in [0.29, 0.717) is 22.6 Å². The van der Waals surface area contributed by atoms with E-state index in [0.717, 1.165) is 10.8 Å². The number of phenolic OH excluding ortho intramolecular Hbond substituents is 1. The van der Waals surface area contributed by atoms with E-state index in [2.05, 4.69) is 10.5 Å². The number of phenols is 1. The minimum atomic E-state index is -0.401. The number of fused-ring (bicyclic) bond motifs is 1. The highest BCUT2D eigenvalue weighted by molar-refractivity contribution is 6.03. The first-order valence-electron chi connectivity index (χ1n) is 7.90. The first-order valence-corrected chi connectivity index (χ1v) is 7.90. The Kier molecular flexibility index (Phi) is 5.03. The van der Waals surface area contributed by atoms with Crippen molar-refractivity contribution in [3.8, 4) is 17.2 Å². The van der Waals surface area contributed by atoms with Gasteiger partial charge in [0.1, 0.15) is 5.75 Å². The minimum absolute atomic E-state index is 0.0906. The van der Waals surface area contributed by atoms with Gasteiger partial charge in [0.2, 0.25) is 0 Å². The van der Waals surface area contributed by atoms with Crippen LogP contribution in [0.25, 0.3) is 10.8 Å². The fourth-order valence-corrected chi connectivity index (χ4v) is 2.62. The molecule has 0 aliphatic carbocycles. The Labute approximate surface area is 150 Å². The van der Waals surface area contributed by atoms with Gasteiger partial charge in [-0.3, -0.25) is 4.79 Å². The lowest BCUT2D eigenvalue weighted by atomic mass is 10.0. The molecule has 26 heavy (non-hydrogen) atoms. The van der Waals surface area contributed by atoms with Gasteiger partial charge in [0.25, 0.3) is 5.91 Å². The van der Waals surface area contributed by atoms with E-state index < -0.39 is 5.91 Å². The van der Waals surface area contributed by atoms with Crippen molar-refractivity contribution in [2.24, 2.45) is 5.10 Å². The van der Waals surface area contributed by atoms with Gasteiger partial charge in [-0.15, -0.1) is 0 Å². The quantitative estimate of drug-likeness (QED) is 0.546. The van der Waals surface area contributed by atoms with Gasteiger partial charge in [-0.05, 0) is 35.0 Å². The number of aromatic hydroxyl groups is 1. The third-order valence-corrected chi connectivity index (χ3v) is 3.95. The zero-order valence-electron chi connectivity index (χ0n) is 14.4. The van der Waals surface area contributed by atoms with Crippen molar-refractivity contribution in [1.29, 1.82) is 0 Å². The summed E-state index contributed by atoms with van der Waals surface area (Å²) in [6.07, 6.45) is 1.43. The van der Waals surface area contributed by atoms with Crippen molar-refractivity contribution >= 4 is 22.9 Å². The van der Waals surface area contributed by atoms with Crippen molar-refractivity contribution < 1.29 is 19.4 Å². The van der Waals surface area contributed by atoms with Crippen molar-refractivity contribution in [3.05, 3.63) is 65.7 Å². The molecule has 0 aromatic heterocycles. The van der Waals surface area contributed by atoms with Gasteiger partial charge in [-0.2, -0.15) is 5.10 Å². The molecule has 0 aliphatic heterocycles. The molecule has 3 aromatic rings. The molecule has 0 atom stereocenters. The number of hydrogen-bond donors (Lipinski definition) is 2. The topological polar surface area (TPSA) is 80.2 Å². The summed E-state index contributed by atoms with van der Waals surface area (Å²) >= 11 is 0. The second-order valence-corrected chi connectivity index (χ2v) is 5.49. The maximum absolute atomic E-state index is 12.3. The summed E-state index contributed by atoms with van der Waals surface area (Å²) in [6, 6.07) is 15.9. The average Bonchev–Trinajstić information content (AvgIpc) is 2.68. The summed E-state index contributed by atoms with van der Waals surface area (Å²) in [6.45, 7) is 0. The zero-order valence-corrected chi connectivity index (χ0v) is 14.4. The summed E-state index contributed by atoms with van der Waals surface area (Å²) in [5.41, 5.74) is 3.37. The number of rotatable bonds is 5. The predicted octanol–water partition coefficient (Wildman–Crippen LogP) is 3.33. The molecule has 3 aromatic carbocycles. The van der Waals surface area contributed by atoms with E-state index in [-0.39, 0.29) is 5.75 Å². The Morgan fingerprint density at radius 1 is 1.04 bits per heavy atom. The van der Waals surface area contributed by atoms with E-state index in [9.17, 15) is 9.90 Å².